The lowest BCUT2D eigenvalue weighted by Crippen LogP contribution is -2.30. The number of carbonyl (C=O) groups is 4. The van der Waals surface area contributed by atoms with E-state index in [1.807, 2.05) is 19.1 Å². The van der Waals surface area contributed by atoms with E-state index in [1.54, 1.807) is 97.9 Å². The highest BCUT2D eigenvalue weighted by atomic mass is 16.6. The van der Waals surface area contributed by atoms with E-state index in [0.29, 0.717) is 23.4 Å². The van der Waals surface area contributed by atoms with Gasteiger partial charge in [-0.3, -0.25) is 14.2 Å². The Morgan fingerprint density at radius 2 is 1.49 bits per heavy atom. The van der Waals surface area contributed by atoms with Gasteiger partial charge in [0.25, 0.3) is 0 Å². The van der Waals surface area contributed by atoms with Gasteiger partial charge in [-0.2, -0.15) is 9.97 Å². The number of nitrogens with zero attached hydrogens (tertiary/aromatic N) is 7. The minimum atomic E-state index is -1.07. The van der Waals surface area contributed by atoms with Crippen LogP contribution < -0.4 is 15.0 Å². The average molecular weight is 751 g/mol. The van der Waals surface area contributed by atoms with E-state index >= 15 is 0 Å². The molecule has 16 heteroatoms. The lowest BCUT2D eigenvalue weighted by molar-refractivity contribution is -0.154. The normalized spacial score (nSPS) is 12.1. The summed E-state index contributed by atoms with van der Waals surface area (Å²) in [4.78, 5) is 72.1. The van der Waals surface area contributed by atoms with Crippen LogP contribution in [-0.2, 0) is 23.8 Å². The maximum absolute atomic E-state index is 13.9. The van der Waals surface area contributed by atoms with Crippen molar-refractivity contribution in [2.24, 2.45) is 4.99 Å². The van der Waals surface area contributed by atoms with Gasteiger partial charge in [-0.1, -0.05) is 61.5 Å². The van der Waals surface area contributed by atoms with Crippen LogP contribution in [0.5, 0.6) is 6.01 Å². The third-order valence-electron chi connectivity index (χ3n) is 7.93. The highest BCUT2D eigenvalue weighted by molar-refractivity contribution is 5.97. The van der Waals surface area contributed by atoms with Crippen LogP contribution in [0.3, 0.4) is 0 Å². The topological polar surface area (TPSA) is 180 Å². The number of para-hydroxylation sites is 2. The molecule has 0 spiro atoms. The van der Waals surface area contributed by atoms with E-state index in [4.69, 9.17) is 18.9 Å². The molecule has 16 nitrogen and oxygen atoms in total. The minimum absolute atomic E-state index is 0.0220. The first-order valence-electron chi connectivity index (χ1n) is 17.5. The van der Waals surface area contributed by atoms with Crippen LogP contribution in [0.15, 0.2) is 102 Å². The Kier molecular flexibility index (Phi) is 14.0. The summed E-state index contributed by atoms with van der Waals surface area (Å²) in [6, 6.07) is 26.0. The number of aliphatic imine (C=N–C) groups is 1. The maximum atomic E-state index is 13.9. The van der Waals surface area contributed by atoms with E-state index in [0.717, 1.165) is 0 Å². The second-order valence-electron chi connectivity index (χ2n) is 12.2. The molecular weight excluding hydrogens is 708 g/mol. The number of hydrogen-bond acceptors (Lipinski definition) is 12. The molecule has 0 aliphatic rings. The van der Waals surface area contributed by atoms with Gasteiger partial charge in [0.2, 0.25) is 5.91 Å². The first-order chi connectivity index (χ1) is 26.7. The maximum Gasteiger partial charge on any atom is 0.426 e. The molecule has 0 saturated carbocycles. The summed E-state index contributed by atoms with van der Waals surface area (Å²) in [6.45, 7) is 1.37. The number of hydrogen-bond donors (Lipinski definition) is 1. The summed E-state index contributed by atoms with van der Waals surface area (Å²) in [5, 5.41) is 2.47. The van der Waals surface area contributed by atoms with Gasteiger partial charge in [0.05, 0.1) is 42.1 Å². The Morgan fingerprint density at radius 1 is 0.855 bits per heavy atom. The smallest absolute Gasteiger partial charge is 0.426 e. The number of benzene rings is 3. The predicted molar refractivity (Wildman–Crippen MR) is 203 cm³/mol. The lowest BCUT2D eigenvalue weighted by atomic mass is 10.2. The van der Waals surface area contributed by atoms with Gasteiger partial charge in [-0.05, 0) is 42.8 Å². The molecule has 2 atom stereocenters. The molecule has 5 aromatic rings. The first kappa shape index (κ1) is 39.5. The summed E-state index contributed by atoms with van der Waals surface area (Å²) in [5.74, 6) is -1.38. The lowest BCUT2D eigenvalue weighted by Gasteiger charge is -2.25. The molecule has 1 N–H and O–H groups in total. The Morgan fingerprint density at radius 3 is 2.09 bits per heavy atom. The number of fused-ring (bicyclic) bond motifs is 1. The van der Waals surface area contributed by atoms with E-state index in [1.165, 1.54) is 29.2 Å². The molecule has 0 aliphatic heterocycles. The number of amides is 2. The molecule has 0 aliphatic carbocycles. The largest absolute Gasteiger partial charge is 0.463 e. The van der Waals surface area contributed by atoms with Crippen molar-refractivity contribution in [2.45, 2.75) is 38.5 Å². The van der Waals surface area contributed by atoms with Gasteiger partial charge in [0.15, 0.2) is 23.2 Å². The number of nitrogens with one attached hydrogen (secondary N) is 1. The van der Waals surface area contributed by atoms with Crippen molar-refractivity contribution < 1.29 is 38.1 Å². The number of rotatable bonds is 17. The third-order valence-corrected chi connectivity index (χ3v) is 7.93. The van der Waals surface area contributed by atoms with E-state index < -0.39 is 30.4 Å². The van der Waals surface area contributed by atoms with Crippen molar-refractivity contribution in [3.8, 4) is 6.01 Å². The van der Waals surface area contributed by atoms with Crippen molar-refractivity contribution in [2.75, 3.05) is 39.3 Å². The summed E-state index contributed by atoms with van der Waals surface area (Å²) in [7, 11) is 5.04. The summed E-state index contributed by atoms with van der Waals surface area (Å²) >= 11 is 0. The SMILES string of the molecule is CC[C@H](COC(=O)CCC(=O)NC)O[C@H](COC(=O)c1ccccc1)n1cnc2c(N=CN(C)C)nc(OC(=O)N(c3ccccc3)c3ccccc3)nc21. The van der Waals surface area contributed by atoms with Crippen LogP contribution in [0.1, 0.15) is 42.8 Å². The molecule has 0 saturated heterocycles. The first-order valence-corrected chi connectivity index (χ1v) is 17.5. The Balaban J connectivity index is 1.50. The number of imidazole rings is 1. The third kappa shape index (κ3) is 10.9. The van der Waals surface area contributed by atoms with Crippen molar-refractivity contribution in [3.63, 3.8) is 0 Å². The number of anilines is 2. The zero-order chi connectivity index (χ0) is 39.2. The summed E-state index contributed by atoms with van der Waals surface area (Å²) in [5.41, 5.74) is 1.80. The molecule has 55 heavy (non-hydrogen) atoms. The van der Waals surface area contributed by atoms with Crippen LogP contribution in [-0.4, -0.2) is 95.2 Å². The summed E-state index contributed by atoms with van der Waals surface area (Å²) < 4.78 is 24.9. The standard InChI is InChI=1S/C39H42N8O8/c1-5-30(23-52-33(49)22-21-31(48)40-2)54-32(24-53-37(50)27-15-9-6-10-16-27)46-26-41-34-35(42-25-45(3)4)43-38(44-36(34)46)55-39(51)47(28-17-11-7-12-18-28)29-19-13-8-14-20-29/h6-20,25-26,30,32H,5,21-24H2,1-4H3,(H,40,48)/t30-,32-/m1/s1. The highest BCUT2D eigenvalue weighted by Crippen LogP contribution is 2.30. The Labute approximate surface area is 317 Å². The van der Waals surface area contributed by atoms with Gasteiger partial charge in [0, 0.05) is 27.6 Å². The van der Waals surface area contributed by atoms with Gasteiger partial charge >= 0.3 is 24.0 Å². The second kappa shape index (κ2) is 19.4. The molecule has 5 rings (SSSR count). The van der Waals surface area contributed by atoms with Gasteiger partial charge in [-0.25, -0.2) is 24.5 Å². The van der Waals surface area contributed by atoms with Crippen LogP contribution in [0, 0.1) is 0 Å². The fourth-order valence-corrected chi connectivity index (χ4v) is 5.10. The summed E-state index contributed by atoms with van der Waals surface area (Å²) in [6.07, 6.45) is 0.644. The zero-order valence-electron chi connectivity index (χ0n) is 30.9. The van der Waals surface area contributed by atoms with Crippen molar-refractivity contribution >= 4 is 58.6 Å². The molecule has 286 valence electrons. The fourth-order valence-electron chi connectivity index (χ4n) is 5.10. The molecule has 2 heterocycles. The molecule has 2 amide bonds. The Bertz CT molecular complexity index is 2040. The van der Waals surface area contributed by atoms with Crippen LogP contribution in [0.25, 0.3) is 11.2 Å². The number of esters is 2. The monoisotopic (exact) mass is 750 g/mol. The van der Waals surface area contributed by atoms with E-state index in [-0.39, 0.29) is 55.0 Å². The predicted octanol–water partition coefficient (Wildman–Crippen LogP) is 5.61. The van der Waals surface area contributed by atoms with E-state index in [9.17, 15) is 19.2 Å². The van der Waals surface area contributed by atoms with Crippen LogP contribution >= 0.6 is 0 Å². The van der Waals surface area contributed by atoms with Crippen molar-refractivity contribution in [3.05, 3.63) is 103 Å². The Hall–Kier alpha value is -6.68. The number of carbonyl (C=O) groups excluding carboxylic acids is 4. The molecule has 0 fully saturated rings. The molecular formula is C39H42N8O8. The zero-order valence-corrected chi connectivity index (χ0v) is 30.9. The van der Waals surface area contributed by atoms with Gasteiger partial charge in [0.1, 0.15) is 13.2 Å². The molecule has 0 bridgehead atoms. The molecule has 0 radical (unpaired) electrons. The van der Waals surface area contributed by atoms with Crippen LogP contribution in [0.4, 0.5) is 22.0 Å². The van der Waals surface area contributed by atoms with E-state index in [2.05, 4.69) is 25.3 Å². The molecule has 2 aromatic heterocycles. The van der Waals surface area contributed by atoms with Crippen molar-refractivity contribution in [1.29, 1.82) is 0 Å². The highest BCUT2D eigenvalue weighted by Gasteiger charge is 2.27. The van der Waals surface area contributed by atoms with Crippen molar-refractivity contribution in [1.82, 2.24) is 29.7 Å². The molecule has 3 aromatic carbocycles. The average Bonchev–Trinajstić information content (AvgIpc) is 3.63. The second-order valence-corrected chi connectivity index (χ2v) is 12.2. The van der Waals surface area contributed by atoms with Crippen LogP contribution in [0.2, 0.25) is 0 Å². The fraction of sp³-hybridized carbons (Fsp3) is 0.282. The number of aromatic nitrogens is 4. The van der Waals surface area contributed by atoms with Gasteiger partial charge < -0.3 is 29.2 Å². The number of ether oxygens (including phenoxy) is 4. The minimum Gasteiger partial charge on any atom is -0.463 e. The quantitative estimate of drug-likeness (QED) is 0.0707. The molecule has 0 unspecified atom stereocenters. The van der Waals surface area contributed by atoms with Gasteiger partial charge in [-0.15, -0.1) is 0 Å².